The molecule has 0 unspecified atom stereocenters. The van der Waals surface area contributed by atoms with Gasteiger partial charge in [-0.2, -0.15) is 0 Å². The van der Waals surface area contributed by atoms with Crippen LogP contribution >= 0.6 is 0 Å². The molecule has 0 bridgehead atoms. The summed E-state index contributed by atoms with van der Waals surface area (Å²) in [5.74, 6) is 0. The highest BCUT2D eigenvalue weighted by molar-refractivity contribution is 5.70. The predicted molar refractivity (Wildman–Crippen MR) is 106 cm³/mol. The van der Waals surface area contributed by atoms with Crippen LogP contribution in [0.5, 0.6) is 0 Å². The smallest absolute Gasteiger partial charge is 0.413 e. The number of nitrogens with zero attached hydrogens (tertiary/aromatic N) is 1. The summed E-state index contributed by atoms with van der Waals surface area (Å²) in [6.07, 6.45) is 3.99. The zero-order chi connectivity index (χ0) is 19.3. The molecule has 1 saturated heterocycles. The summed E-state index contributed by atoms with van der Waals surface area (Å²) in [5, 5.41) is 0. The maximum absolute atomic E-state index is 12.9. The number of carbonyl (C=O) groups excluding carboxylic acids is 1. The molecule has 1 aliphatic rings. The summed E-state index contributed by atoms with van der Waals surface area (Å²) in [4.78, 5) is 14.6. The number of hydrogen-bond acceptors (Lipinski definition) is 3. The number of allylic oxidation sites excluding steroid dienone is 1. The van der Waals surface area contributed by atoms with Crippen LogP contribution in [-0.4, -0.2) is 29.4 Å². The molecule has 27 heavy (non-hydrogen) atoms. The van der Waals surface area contributed by atoms with Gasteiger partial charge in [0.2, 0.25) is 0 Å². The minimum atomic E-state index is -0.556. The van der Waals surface area contributed by atoms with Gasteiger partial charge in [-0.25, -0.2) is 4.79 Å². The Hall–Kier alpha value is -2.59. The fourth-order valence-corrected chi connectivity index (χ4v) is 3.09. The van der Waals surface area contributed by atoms with Crippen molar-refractivity contribution in [2.24, 2.45) is 0 Å². The lowest BCUT2D eigenvalue weighted by molar-refractivity contribution is 0.000896. The van der Waals surface area contributed by atoms with E-state index >= 15 is 0 Å². The standard InChI is InChI=1S/C23H27NO3/c1-23(2,3)27-22(25)24-20(19-14-8-5-9-15-19)17-26-21(24)16-10-13-18-11-6-4-7-12-18/h4-12,14-16,20-21H,13,17H2,1-3H3/b16-10+/t20-,21-/m1/s1. The van der Waals surface area contributed by atoms with E-state index in [0.717, 1.165) is 12.0 Å². The SMILES string of the molecule is CC(C)(C)OC(=O)N1[C@@H](c2ccccc2)CO[C@@H]1/C=C/Cc1ccccc1. The fourth-order valence-electron chi connectivity index (χ4n) is 3.09. The number of ether oxygens (including phenoxy) is 2. The summed E-state index contributed by atoms with van der Waals surface area (Å²) in [6.45, 7) is 6.07. The summed E-state index contributed by atoms with van der Waals surface area (Å²) in [6, 6.07) is 20.0. The van der Waals surface area contributed by atoms with Crippen molar-refractivity contribution in [3.63, 3.8) is 0 Å². The maximum atomic E-state index is 12.9. The molecule has 142 valence electrons. The van der Waals surface area contributed by atoms with E-state index in [-0.39, 0.29) is 12.1 Å². The van der Waals surface area contributed by atoms with Gasteiger partial charge in [0.15, 0.2) is 6.23 Å². The summed E-state index contributed by atoms with van der Waals surface area (Å²) in [5.41, 5.74) is 1.71. The molecule has 0 radical (unpaired) electrons. The Labute approximate surface area is 161 Å². The van der Waals surface area contributed by atoms with Crippen LogP contribution < -0.4 is 0 Å². The molecule has 0 N–H and O–H groups in total. The second-order valence-corrected chi connectivity index (χ2v) is 7.66. The molecule has 0 saturated carbocycles. The first-order valence-electron chi connectivity index (χ1n) is 9.32. The van der Waals surface area contributed by atoms with E-state index in [1.807, 2.05) is 81.5 Å². The summed E-state index contributed by atoms with van der Waals surface area (Å²) < 4.78 is 11.6. The molecule has 2 aromatic rings. The number of hydrogen-bond donors (Lipinski definition) is 0. The molecule has 0 spiro atoms. The van der Waals surface area contributed by atoms with Crippen molar-refractivity contribution in [1.29, 1.82) is 0 Å². The van der Waals surface area contributed by atoms with Crippen LogP contribution in [0, 0.1) is 0 Å². The summed E-state index contributed by atoms with van der Waals surface area (Å²) >= 11 is 0. The third-order valence-corrected chi connectivity index (χ3v) is 4.32. The third-order valence-electron chi connectivity index (χ3n) is 4.32. The highest BCUT2D eigenvalue weighted by Gasteiger charge is 2.39. The van der Waals surface area contributed by atoms with E-state index in [0.29, 0.717) is 6.61 Å². The van der Waals surface area contributed by atoms with E-state index in [1.54, 1.807) is 4.90 Å². The van der Waals surface area contributed by atoms with E-state index in [9.17, 15) is 4.79 Å². The van der Waals surface area contributed by atoms with Gasteiger partial charge in [-0.1, -0.05) is 66.7 Å². The second kappa shape index (κ2) is 8.40. The van der Waals surface area contributed by atoms with E-state index in [1.165, 1.54) is 5.56 Å². The molecule has 4 heteroatoms. The Morgan fingerprint density at radius 1 is 1.11 bits per heavy atom. The number of rotatable bonds is 4. The Morgan fingerprint density at radius 3 is 2.37 bits per heavy atom. The number of carbonyl (C=O) groups is 1. The van der Waals surface area contributed by atoms with Crippen LogP contribution in [0.3, 0.4) is 0 Å². The molecule has 1 heterocycles. The molecule has 0 aromatic heterocycles. The molecular weight excluding hydrogens is 338 g/mol. The average molecular weight is 365 g/mol. The van der Waals surface area contributed by atoms with Gasteiger partial charge in [0, 0.05) is 0 Å². The predicted octanol–water partition coefficient (Wildman–Crippen LogP) is 5.12. The zero-order valence-corrected chi connectivity index (χ0v) is 16.2. The molecule has 2 aromatic carbocycles. The van der Waals surface area contributed by atoms with Crippen molar-refractivity contribution in [2.75, 3.05) is 6.61 Å². The van der Waals surface area contributed by atoms with Crippen LogP contribution in [0.4, 0.5) is 4.79 Å². The highest BCUT2D eigenvalue weighted by atomic mass is 16.6. The van der Waals surface area contributed by atoms with Crippen LogP contribution in [0.25, 0.3) is 0 Å². The first kappa shape index (κ1) is 19.2. The number of amides is 1. The average Bonchev–Trinajstić information content (AvgIpc) is 3.06. The third kappa shape index (κ3) is 5.20. The Morgan fingerprint density at radius 2 is 1.74 bits per heavy atom. The lowest BCUT2D eigenvalue weighted by Gasteiger charge is -2.30. The molecule has 1 amide bonds. The van der Waals surface area contributed by atoms with Crippen LogP contribution in [0.2, 0.25) is 0 Å². The van der Waals surface area contributed by atoms with Gasteiger partial charge in [-0.3, -0.25) is 4.90 Å². The lowest BCUT2D eigenvalue weighted by atomic mass is 10.1. The van der Waals surface area contributed by atoms with Crippen LogP contribution in [-0.2, 0) is 15.9 Å². The van der Waals surface area contributed by atoms with Gasteiger partial charge >= 0.3 is 6.09 Å². The van der Waals surface area contributed by atoms with Crippen LogP contribution in [0.15, 0.2) is 72.8 Å². The normalized spacial score (nSPS) is 20.2. The van der Waals surface area contributed by atoms with E-state index < -0.39 is 11.8 Å². The van der Waals surface area contributed by atoms with Crippen molar-refractivity contribution in [2.45, 2.75) is 45.1 Å². The summed E-state index contributed by atoms with van der Waals surface area (Å²) in [7, 11) is 0. The van der Waals surface area contributed by atoms with Crippen molar-refractivity contribution < 1.29 is 14.3 Å². The first-order chi connectivity index (χ1) is 12.9. The molecule has 1 fully saturated rings. The van der Waals surface area contributed by atoms with Gasteiger partial charge in [0.25, 0.3) is 0 Å². The Balaban J connectivity index is 1.78. The topological polar surface area (TPSA) is 38.8 Å². The Bertz CT molecular complexity index is 765. The van der Waals surface area contributed by atoms with Gasteiger partial charge in [-0.15, -0.1) is 0 Å². The Kier molecular flexibility index (Phi) is 5.97. The minimum absolute atomic E-state index is 0.160. The van der Waals surface area contributed by atoms with E-state index in [2.05, 4.69) is 12.1 Å². The van der Waals surface area contributed by atoms with Crippen molar-refractivity contribution >= 4 is 6.09 Å². The lowest BCUT2D eigenvalue weighted by Crippen LogP contribution is -2.41. The van der Waals surface area contributed by atoms with Gasteiger partial charge in [0.1, 0.15) is 5.60 Å². The maximum Gasteiger partial charge on any atom is 0.413 e. The van der Waals surface area contributed by atoms with Gasteiger partial charge < -0.3 is 9.47 Å². The molecule has 4 nitrogen and oxygen atoms in total. The monoisotopic (exact) mass is 365 g/mol. The van der Waals surface area contributed by atoms with Crippen LogP contribution in [0.1, 0.15) is 37.9 Å². The largest absolute Gasteiger partial charge is 0.444 e. The first-order valence-corrected chi connectivity index (χ1v) is 9.32. The second-order valence-electron chi connectivity index (χ2n) is 7.66. The molecular formula is C23H27NO3. The number of benzene rings is 2. The van der Waals surface area contributed by atoms with Gasteiger partial charge in [-0.05, 0) is 44.4 Å². The fraction of sp³-hybridized carbons (Fsp3) is 0.348. The molecule has 3 rings (SSSR count). The quantitative estimate of drug-likeness (QED) is 0.706. The van der Waals surface area contributed by atoms with Crippen molar-refractivity contribution in [3.05, 3.63) is 83.9 Å². The molecule has 2 atom stereocenters. The van der Waals surface area contributed by atoms with Gasteiger partial charge in [0.05, 0.1) is 12.6 Å². The van der Waals surface area contributed by atoms with Crippen molar-refractivity contribution in [1.82, 2.24) is 4.90 Å². The zero-order valence-electron chi connectivity index (χ0n) is 16.2. The van der Waals surface area contributed by atoms with Crippen molar-refractivity contribution in [3.8, 4) is 0 Å². The highest BCUT2D eigenvalue weighted by Crippen LogP contribution is 2.32. The molecule has 0 aliphatic carbocycles. The molecule has 1 aliphatic heterocycles. The van der Waals surface area contributed by atoms with E-state index in [4.69, 9.17) is 9.47 Å². The minimum Gasteiger partial charge on any atom is -0.444 e.